The fourth-order valence-electron chi connectivity index (χ4n) is 1.83. The zero-order valence-electron chi connectivity index (χ0n) is 10.8. The molecular formula is C16H13ClN2O. The minimum atomic E-state index is -0.176. The molecule has 0 bridgehead atoms. The summed E-state index contributed by atoms with van der Waals surface area (Å²) in [6.07, 6.45) is 0.297. The highest BCUT2D eigenvalue weighted by molar-refractivity contribution is 6.31. The molecule has 3 nitrogen and oxygen atoms in total. The molecule has 0 fully saturated rings. The summed E-state index contributed by atoms with van der Waals surface area (Å²) in [6.45, 7) is 0.376. The number of benzene rings is 2. The van der Waals surface area contributed by atoms with Crippen LogP contribution in [0.5, 0.6) is 0 Å². The maximum atomic E-state index is 12.0. The topological polar surface area (TPSA) is 52.9 Å². The van der Waals surface area contributed by atoms with Gasteiger partial charge in [0.05, 0.1) is 12.5 Å². The fraction of sp³-hybridized carbons (Fsp3) is 0.125. The normalized spacial score (nSPS) is 9.80. The Bertz CT molecular complexity index is 662. The standard InChI is InChI=1S/C16H13ClN2O/c17-15-7-2-1-5-14(15)11-19-16(20)13-6-3-4-12(10-13)8-9-18/h1-7,10H,8,11H2,(H,19,20). The van der Waals surface area contributed by atoms with Crippen molar-refractivity contribution in [3.8, 4) is 6.07 Å². The van der Waals surface area contributed by atoms with Crippen molar-refractivity contribution >= 4 is 17.5 Å². The molecule has 100 valence electrons. The van der Waals surface area contributed by atoms with Crippen molar-refractivity contribution < 1.29 is 4.79 Å². The average Bonchev–Trinajstić information content (AvgIpc) is 2.47. The fourth-order valence-corrected chi connectivity index (χ4v) is 2.04. The van der Waals surface area contributed by atoms with E-state index >= 15 is 0 Å². The number of hydrogen-bond donors (Lipinski definition) is 1. The van der Waals surface area contributed by atoms with Gasteiger partial charge in [0, 0.05) is 17.1 Å². The smallest absolute Gasteiger partial charge is 0.251 e. The number of carbonyl (C=O) groups excluding carboxylic acids is 1. The zero-order valence-corrected chi connectivity index (χ0v) is 11.5. The van der Waals surface area contributed by atoms with Gasteiger partial charge in [0.25, 0.3) is 5.91 Å². The van der Waals surface area contributed by atoms with Gasteiger partial charge in [-0.2, -0.15) is 5.26 Å². The highest BCUT2D eigenvalue weighted by Crippen LogP contribution is 2.14. The van der Waals surface area contributed by atoms with E-state index in [1.165, 1.54) is 0 Å². The van der Waals surface area contributed by atoms with Gasteiger partial charge in [0.1, 0.15) is 0 Å². The summed E-state index contributed by atoms with van der Waals surface area (Å²) in [5.74, 6) is -0.176. The molecule has 1 N–H and O–H groups in total. The van der Waals surface area contributed by atoms with Crippen LogP contribution in [0.15, 0.2) is 48.5 Å². The van der Waals surface area contributed by atoms with E-state index in [1.807, 2.05) is 24.3 Å². The Labute approximate surface area is 122 Å². The minimum absolute atomic E-state index is 0.176. The lowest BCUT2D eigenvalue weighted by Gasteiger charge is -2.07. The second kappa shape index (κ2) is 6.74. The van der Waals surface area contributed by atoms with Crippen LogP contribution < -0.4 is 5.32 Å². The van der Waals surface area contributed by atoms with Crippen LogP contribution in [0.3, 0.4) is 0 Å². The average molecular weight is 285 g/mol. The Morgan fingerprint density at radius 1 is 1.20 bits per heavy atom. The molecule has 0 atom stereocenters. The molecule has 0 spiro atoms. The molecular weight excluding hydrogens is 272 g/mol. The maximum absolute atomic E-state index is 12.0. The van der Waals surface area contributed by atoms with Crippen LogP contribution in [0, 0.1) is 11.3 Å². The molecule has 0 heterocycles. The molecule has 0 radical (unpaired) electrons. The third-order valence-corrected chi connectivity index (χ3v) is 3.24. The van der Waals surface area contributed by atoms with Crippen LogP contribution in [-0.4, -0.2) is 5.91 Å². The molecule has 20 heavy (non-hydrogen) atoms. The number of rotatable bonds is 4. The first-order valence-electron chi connectivity index (χ1n) is 6.18. The van der Waals surface area contributed by atoms with Crippen LogP contribution in [0.2, 0.25) is 5.02 Å². The van der Waals surface area contributed by atoms with Crippen molar-refractivity contribution in [2.24, 2.45) is 0 Å². The summed E-state index contributed by atoms with van der Waals surface area (Å²) in [7, 11) is 0. The highest BCUT2D eigenvalue weighted by Gasteiger charge is 2.07. The van der Waals surface area contributed by atoms with Crippen molar-refractivity contribution in [2.45, 2.75) is 13.0 Å². The van der Waals surface area contributed by atoms with Crippen LogP contribution >= 0.6 is 11.6 Å². The van der Waals surface area contributed by atoms with Gasteiger partial charge in [-0.25, -0.2) is 0 Å². The number of halogens is 1. The predicted molar refractivity (Wildman–Crippen MR) is 78.4 cm³/mol. The molecule has 1 amide bonds. The molecule has 2 aromatic rings. The second-order valence-electron chi connectivity index (χ2n) is 4.31. The van der Waals surface area contributed by atoms with Crippen LogP contribution in [-0.2, 0) is 13.0 Å². The lowest BCUT2D eigenvalue weighted by molar-refractivity contribution is 0.0951. The van der Waals surface area contributed by atoms with E-state index in [4.69, 9.17) is 16.9 Å². The van der Waals surface area contributed by atoms with E-state index in [-0.39, 0.29) is 5.91 Å². The van der Waals surface area contributed by atoms with Gasteiger partial charge in [-0.15, -0.1) is 0 Å². The van der Waals surface area contributed by atoms with Gasteiger partial charge in [0.2, 0.25) is 0 Å². The quantitative estimate of drug-likeness (QED) is 0.936. The summed E-state index contributed by atoms with van der Waals surface area (Å²) in [5.41, 5.74) is 2.25. The Morgan fingerprint density at radius 3 is 2.75 bits per heavy atom. The summed E-state index contributed by atoms with van der Waals surface area (Å²) in [6, 6.07) is 16.5. The Hall–Kier alpha value is -2.31. The van der Waals surface area contributed by atoms with E-state index < -0.39 is 0 Å². The molecule has 0 unspecified atom stereocenters. The zero-order chi connectivity index (χ0) is 14.4. The Kier molecular flexibility index (Phi) is 4.75. The van der Waals surface area contributed by atoms with Crippen LogP contribution in [0.25, 0.3) is 0 Å². The van der Waals surface area contributed by atoms with E-state index in [0.717, 1.165) is 11.1 Å². The van der Waals surface area contributed by atoms with Gasteiger partial charge in [0.15, 0.2) is 0 Å². The van der Waals surface area contributed by atoms with Crippen LogP contribution in [0.1, 0.15) is 21.5 Å². The predicted octanol–water partition coefficient (Wildman–Crippen LogP) is 3.34. The van der Waals surface area contributed by atoms with E-state index in [0.29, 0.717) is 23.6 Å². The molecule has 0 aliphatic heterocycles. The highest BCUT2D eigenvalue weighted by atomic mass is 35.5. The first kappa shape index (κ1) is 14.1. The summed E-state index contributed by atoms with van der Waals surface area (Å²) in [5, 5.41) is 12.1. The number of carbonyl (C=O) groups is 1. The molecule has 0 aliphatic rings. The Balaban J connectivity index is 2.04. The number of hydrogen-bond acceptors (Lipinski definition) is 2. The van der Waals surface area contributed by atoms with Crippen molar-refractivity contribution in [3.63, 3.8) is 0 Å². The number of nitriles is 1. The summed E-state index contributed by atoms with van der Waals surface area (Å²) < 4.78 is 0. The van der Waals surface area contributed by atoms with E-state index in [9.17, 15) is 4.79 Å². The van der Waals surface area contributed by atoms with Gasteiger partial charge in [-0.3, -0.25) is 4.79 Å². The molecule has 0 aliphatic carbocycles. The molecule has 0 saturated carbocycles. The third kappa shape index (κ3) is 3.59. The van der Waals surface area contributed by atoms with Gasteiger partial charge in [-0.05, 0) is 29.3 Å². The second-order valence-corrected chi connectivity index (χ2v) is 4.72. The number of amides is 1. The molecule has 2 aromatic carbocycles. The van der Waals surface area contributed by atoms with Crippen molar-refractivity contribution in [2.75, 3.05) is 0 Å². The largest absolute Gasteiger partial charge is 0.348 e. The SMILES string of the molecule is N#CCc1cccc(C(=O)NCc2ccccc2Cl)c1. The lowest BCUT2D eigenvalue weighted by atomic mass is 10.1. The lowest BCUT2D eigenvalue weighted by Crippen LogP contribution is -2.23. The van der Waals surface area contributed by atoms with Crippen molar-refractivity contribution in [1.29, 1.82) is 5.26 Å². The monoisotopic (exact) mass is 284 g/mol. The van der Waals surface area contributed by atoms with E-state index in [2.05, 4.69) is 11.4 Å². The first-order chi connectivity index (χ1) is 9.70. The first-order valence-corrected chi connectivity index (χ1v) is 6.56. The molecule has 0 saturated heterocycles. The van der Waals surface area contributed by atoms with Crippen LogP contribution in [0.4, 0.5) is 0 Å². The third-order valence-electron chi connectivity index (χ3n) is 2.87. The molecule has 2 rings (SSSR count). The van der Waals surface area contributed by atoms with Crippen molar-refractivity contribution in [1.82, 2.24) is 5.32 Å². The summed E-state index contributed by atoms with van der Waals surface area (Å²) >= 11 is 6.03. The van der Waals surface area contributed by atoms with Crippen molar-refractivity contribution in [3.05, 3.63) is 70.2 Å². The minimum Gasteiger partial charge on any atom is -0.348 e. The Morgan fingerprint density at radius 2 is 2.00 bits per heavy atom. The summed E-state index contributed by atoms with van der Waals surface area (Å²) in [4.78, 5) is 12.0. The number of nitrogens with one attached hydrogen (secondary N) is 1. The molecule has 4 heteroatoms. The number of nitrogens with zero attached hydrogens (tertiary/aromatic N) is 1. The van der Waals surface area contributed by atoms with Gasteiger partial charge < -0.3 is 5.32 Å². The van der Waals surface area contributed by atoms with Gasteiger partial charge in [-0.1, -0.05) is 41.9 Å². The van der Waals surface area contributed by atoms with E-state index in [1.54, 1.807) is 24.3 Å². The van der Waals surface area contributed by atoms with Gasteiger partial charge >= 0.3 is 0 Å². The maximum Gasteiger partial charge on any atom is 0.251 e. The molecule has 0 aromatic heterocycles.